The molecule has 1 aromatic carbocycles. The molecule has 0 fully saturated rings. The third-order valence-corrected chi connectivity index (χ3v) is 5.16. The first kappa shape index (κ1) is 18.0. The molecule has 0 aliphatic carbocycles. The molecular weight excluding hydrogens is 359 g/mol. The summed E-state index contributed by atoms with van der Waals surface area (Å²) in [6.45, 7) is 2.02. The maximum Gasteiger partial charge on any atom is 0.240 e. The van der Waals surface area contributed by atoms with Gasteiger partial charge in [0.1, 0.15) is 11.6 Å². The van der Waals surface area contributed by atoms with E-state index in [4.69, 9.17) is 0 Å². The van der Waals surface area contributed by atoms with Crippen molar-refractivity contribution in [3.63, 3.8) is 0 Å². The van der Waals surface area contributed by atoms with Crippen molar-refractivity contribution in [2.24, 2.45) is 0 Å². The van der Waals surface area contributed by atoms with Crippen molar-refractivity contribution in [1.29, 1.82) is 0 Å². The van der Waals surface area contributed by atoms with Crippen molar-refractivity contribution in [3.8, 4) is 5.82 Å². The second kappa shape index (κ2) is 7.58. The molecule has 2 aromatic heterocycles. The number of anilines is 1. The van der Waals surface area contributed by atoms with E-state index in [2.05, 4.69) is 25.3 Å². The molecule has 3 aromatic rings. The molecule has 136 valence electrons. The summed E-state index contributed by atoms with van der Waals surface area (Å²) in [5.74, 6) is 0.478. The Labute approximate surface area is 150 Å². The number of nitrogens with one attached hydrogen (secondary N) is 2. The number of nitrogens with zero attached hydrogens (tertiary/aromatic N) is 4. The Morgan fingerprint density at radius 2 is 2.00 bits per heavy atom. The maximum atomic E-state index is 13.3. The van der Waals surface area contributed by atoms with Gasteiger partial charge in [0.15, 0.2) is 5.82 Å². The minimum atomic E-state index is -3.78. The lowest BCUT2D eigenvalue weighted by molar-refractivity contribution is 0.578. The van der Waals surface area contributed by atoms with E-state index in [-0.39, 0.29) is 11.4 Å². The van der Waals surface area contributed by atoms with Crippen molar-refractivity contribution in [3.05, 3.63) is 60.2 Å². The topological polar surface area (TPSA) is 102 Å². The molecule has 0 aliphatic rings. The molecule has 0 saturated carbocycles. The molecule has 0 saturated heterocycles. The summed E-state index contributed by atoms with van der Waals surface area (Å²) in [4.78, 5) is -0.0686. The van der Waals surface area contributed by atoms with Gasteiger partial charge >= 0.3 is 0 Å². The fraction of sp³-hybridized carbons (Fsp3) is 0.188. The highest BCUT2D eigenvalue weighted by Crippen LogP contribution is 2.16. The number of benzene rings is 1. The maximum absolute atomic E-state index is 13.3. The van der Waals surface area contributed by atoms with Crippen LogP contribution in [-0.2, 0) is 10.0 Å². The summed E-state index contributed by atoms with van der Waals surface area (Å²) in [7, 11) is -3.78. The quantitative estimate of drug-likeness (QED) is 0.606. The second-order valence-electron chi connectivity index (χ2n) is 5.46. The smallest absolute Gasteiger partial charge is 0.240 e. The molecule has 0 radical (unpaired) electrons. The molecule has 0 aliphatic heterocycles. The molecule has 3 rings (SSSR count). The summed E-state index contributed by atoms with van der Waals surface area (Å²) < 4.78 is 41.8. The molecular formula is C16H17FN6O2S. The van der Waals surface area contributed by atoms with E-state index in [9.17, 15) is 12.8 Å². The third-order valence-electron chi connectivity index (χ3n) is 3.55. The van der Waals surface area contributed by atoms with E-state index in [0.29, 0.717) is 23.7 Å². The predicted molar refractivity (Wildman–Crippen MR) is 94.0 cm³/mol. The van der Waals surface area contributed by atoms with E-state index < -0.39 is 15.8 Å². The highest BCUT2D eigenvalue weighted by molar-refractivity contribution is 7.89. The van der Waals surface area contributed by atoms with Gasteiger partial charge in [-0.1, -0.05) is 6.07 Å². The molecule has 26 heavy (non-hydrogen) atoms. The van der Waals surface area contributed by atoms with Crippen molar-refractivity contribution in [2.75, 3.05) is 18.4 Å². The van der Waals surface area contributed by atoms with E-state index in [1.54, 1.807) is 42.2 Å². The van der Waals surface area contributed by atoms with Gasteiger partial charge in [-0.3, -0.25) is 0 Å². The minimum absolute atomic E-state index is 0.0686. The minimum Gasteiger partial charge on any atom is -0.367 e. The Hall–Kier alpha value is -2.85. The van der Waals surface area contributed by atoms with Gasteiger partial charge in [0.2, 0.25) is 10.0 Å². The van der Waals surface area contributed by atoms with Gasteiger partial charge in [0, 0.05) is 25.5 Å². The van der Waals surface area contributed by atoms with Gasteiger partial charge < -0.3 is 5.32 Å². The number of sulfonamides is 1. The lowest BCUT2D eigenvalue weighted by Gasteiger charge is -2.10. The van der Waals surface area contributed by atoms with Crippen LogP contribution in [0.25, 0.3) is 5.82 Å². The molecule has 8 nitrogen and oxygen atoms in total. The highest BCUT2D eigenvalue weighted by Gasteiger charge is 2.16. The Bertz CT molecular complexity index is 974. The third kappa shape index (κ3) is 4.21. The van der Waals surface area contributed by atoms with E-state index in [1.165, 1.54) is 12.1 Å². The lowest BCUT2D eigenvalue weighted by atomic mass is 10.2. The number of hydrogen-bond donors (Lipinski definition) is 2. The average Bonchev–Trinajstić information content (AvgIpc) is 3.16. The second-order valence-corrected chi connectivity index (χ2v) is 7.20. The number of halogens is 1. The Balaban J connectivity index is 1.54. The zero-order valence-electron chi connectivity index (χ0n) is 13.9. The SMILES string of the molecule is Cc1ccc(F)cc1S(=O)(=O)NCCNc1ccc(-n2cccn2)nn1. The standard InChI is InChI=1S/C16H17FN6O2S/c1-12-3-4-13(17)11-14(12)26(24,25)20-9-8-18-15-5-6-16(22-21-15)23-10-2-7-19-23/h2-7,10-11,20H,8-9H2,1H3,(H,18,21). The summed E-state index contributed by atoms with van der Waals surface area (Å²) in [6.07, 6.45) is 3.39. The zero-order chi connectivity index (χ0) is 18.6. The van der Waals surface area contributed by atoms with Crippen LogP contribution in [0, 0.1) is 12.7 Å². The van der Waals surface area contributed by atoms with Crippen molar-refractivity contribution < 1.29 is 12.8 Å². The molecule has 0 spiro atoms. The number of hydrogen-bond acceptors (Lipinski definition) is 6. The molecule has 0 atom stereocenters. The normalized spacial score (nSPS) is 11.5. The van der Waals surface area contributed by atoms with Crippen LogP contribution >= 0.6 is 0 Å². The van der Waals surface area contributed by atoms with Gasteiger partial charge in [0.25, 0.3) is 0 Å². The molecule has 0 amide bonds. The first-order valence-electron chi connectivity index (χ1n) is 7.79. The van der Waals surface area contributed by atoms with E-state index >= 15 is 0 Å². The molecule has 0 unspecified atom stereocenters. The first-order chi connectivity index (χ1) is 12.5. The molecule has 2 N–H and O–H groups in total. The van der Waals surface area contributed by atoms with Crippen LogP contribution in [0.2, 0.25) is 0 Å². The highest BCUT2D eigenvalue weighted by atomic mass is 32.2. The molecule has 2 heterocycles. The monoisotopic (exact) mass is 376 g/mol. The molecule has 0 bridgehead atoms. The first-order valence-corrected chi connectivity index (χ1v) is 9.27. The van der Waals surface area contributed by atoms with Crippen LogP contribution in [0.3, 0.4) is 0 Å². The van der Waals surface area contributed by atoms with Gasteiger partial charge in [-0.15, -0.1) is 10.2 Å². The van der Waals surface area contributed by atoms with Crippen molar-refractivity contribution in [1.82, 2.24) is 24.7 Å². The van der Waals surface area contributed by atoms with Crippen LogP contribution in [0.1, 0.15) is 5.56 Å². The fourth-order valence-corrected chi connectivity index (χ4v) is 3.55. The summed E-state index contributed by atoms with van der Waals surface area (Å²) in [5.41, 5.74) is 0.479. The van der Waals surface area contributed by atoms with E-state index in [1.807, 2.05) is 0 Å². The van der Waals surface area contributed by atoms with Crippen LogP contribution in [0.5, 0.6) is 0 Å². The van der Waals surface area contributed by atoms with Gasteiger partial charge in [0.05, 0.1) is 4.90 Å². The average molecular weight is 376 g/mol. The van der Waals surface area contributed by atoms with Crippen molar-refractivity contribution in [2.45, 2.75) is 11.8 Å². The number of rotatable bonds is 7. The largest absolute Gasteiger partial charge is 0.367 e. The Kier molecular flexibility index (Phi) is 5.24. The Morgan fingerprint density at radius 3 is 2.69 bits per heavy atom. The lowest BCUT2D eigenvalue weighted by Crippen LogP contribution is -2.29. The van der Waals surface area contributed by atoms with Gasteiger partial charge in [-0.2, -0.15) is 5.10 Å². The summed E-state index contributed by atoms with van der Waals surface area (Å²) in [5, 5.41) is 15.0. The van der Waals surface area contributed by atoms with Crippen molar-refractivity contribution >= 4 is 15.8 Å². The summed E-state index contributed by atoms with van der Waals surface area (Å²) >= 11 is 0. The number of aryl methyl sites for hydroxylation is 1. The van der Waals surface area contributed by atoms with Gasteiger partial charge in [-0.25, -0.2) is 22.2 Å². The predicted octanol–water partition coefficient (Wildman–Crippen LogP) is 1.50. The van der Waals surface area contributed by atoms with Crippen LogP contribution < -0.4 is 10.0 Å². The summed E-state index contributed by atoms with van der Waals surface area (Å²) in [6, 6.07) is 8.89. The van der Waals surface area contributed by atoms with Gasteiger partial charge in [-0.05, 0) is 42.8 Å². The fourth-order valence-electron chi connectivity index (χ4n) is 2.26. The zero-order valence-corrected chi connectivity index (χ0v) is 14.7. The van der Waals surface area contributed by atoms with E-state index in [0.717, 1.165) is 6.07 Å². The van der Waals surface area contributed by atoms with Crippen LogP contribution in [0.15, 0.2) is 53.7 Å². The molecule has 10 heteroatoms. The number of aromatic nitrogens is 4. The van der Waals surface area contributed by atoms with Crippen LogP contribution in [0.4, 0.5) is 10.2 Å². The Morgan fingerprint density at radius 1 is 1.15 bits per heavy atom. The van der Waals surface area contributed by atoms with Crippen LogP contribution in [-0.4, -0.2) is 41.5 Å².